The van der Waals surface area contributed by atoms with Crippen LogP contribution in [0.25, 0.3) is 0 Å². The summed E-state index contributed by atoms with van der Waals surface area (Å²) >= 11 is 0. The van der Waals surface area contributed by atoms with Crippen molar-refractivity contribution in [2.24, 2.45) is 0 Å². The molecule has 0 heterocycles. The Morgan fingerprint density at radius 3 is 2.58 bits per heavy atom. The summed E-state index contributed by atoms with van der Waals surface area (Å²) in [7, 11) is -1.51. The Balaban J connectivity index is 2.99. The molecule has 0 spiro atoms. The lowest BCUT2D eigenvalue weighted by Crippen LogP contribution is -2.30. The van der Waals surface area contributed by atoms with Gasteiger partial charge in [-0.25, -0.2) is 0 Å². The van der Waals surface area contributed by atoms with Crippen LogP contribution in [-0.4, -0.2) is 17.2 Å². The minimum atomic E-state index is -1.51. The topological polar surface area (TPSA) is 49.7 Å². The minimum absolute atomic E-state index is 0.331. The fourth-order valence-electron chi connectivity index (χ4n) is 0.891. The van der Waals surface area contributed by atoms with E-state index in [2.05, 4.69) is 6.58 Å². The normalized spacial score (nSPS) is 9.17. The highest BCUT2D eigenvalue weighted by Gasteiger charge is 2.15. The number of benzene rings is 1. The first-order chi connectivity index (χ1) is 5.75. The van der Waals surface area contributed by atoms with E-state index in [4.69, 9.17) is 14.8 Å². The molecule has 12 heavy (non-hydrogen) atoms. The molecule has 0 saturated heterocycles. The maximum atomic E-state index is 8.87. The molecule has 0 aliphatic rings. The van der Waals surface area contributed by atoms with Crippen LogP contribution in [0.3, 0.4) is 0 Å². The Kier molecular flexibility index (Phi) is 2.91. The second-order valence-electron chi connectivity index (χ2n) is 2.20. The smallest absolute Gasteiger partial charge is 0.466 e. The van der Waals surface area contributed by atoms with E-state index in [9.17, 15) is 0 Å². The van der Waals surface area contributed by atoms with Crippen LogP contribution in [0.15, 0.2) is 37.1 Å². The van der Waals surface area contributed by atoms with Crippen LogP contribution >= 0.6 is 0 Å². The molecule has 0 amide bonds. The van der Waals surface area contributed by atoms with Crippen LogP contribution in [0.4, 0.5) is 0 Å². The lowest BCUT2D eigenvalue weighted by Gasteiger charge is -2.05. The van der Waals surface area contributed by atoms with Gasteiger partial charge in [0.2, 0.25) is 0 Å². The molecule has 3 nitrogen and oxygen atoms in total. The van der Waals surface area contributed by atoms with E-state index in [0.29, 0.717) is 11.2 Å². The Morgan fingerprint density at radius 1 is 1.33 bits per heavy atom. The predicted molar refractivity (Wildman–Crippen MR) is 47.1 cm³/mol. The molecular weight excluding hydrogens is 155 g/mol. The van der Waals surface area contributed by atoms with Crippen LogP contribution in [0.2, 0.25) is 0 Å². The third-order valence-corrected chi connectivity index (χ3v) is 1.41. The summed E-state index contributed by atoms with van der Waals surface area (Å²) in [6.07, 6.45) is 1.24. The van der Waals surface area contributed by atoms with Crippen LogP contribution in [-0.2, 0) is 0 Å². The second-order valence-corrected chi connectivity index (χ2v) is 2.20. The SMILES string of the molecule is C=COc1ccccc1B(O)O. The summed E-state index contributed by atoms with van der Waals surface area (Å²) in [5, 5.41) is 17.7. The van der Waals surface area contributed by atoms with Gasteiger partial charge in [-0.05, 0) is 6.07 Å². The molecular formula is C8H9BO3. The maximum absolute atomic E-state index is 8.87. The lowest BCUT2D eigenvalue weighted by molar-refractivity contribution is 0.420. The molecule has 0 fully saturated rings. The quantitative estimate of drug-likeness (QED) is 0.484. The van der Waals surface area contributed by atoms with Crippen LogP contribution in [0.1, 0.15) is 0 Å². The van der Waals surface area contributed by atoms with Gasteiger partial charge in [0.25, 0.3) is 0 Å². The van der Waals surface area contributed by atoms with E-state index < -0.39 is 7.12 Å². The van der Waals surface area contributed by atoms with E-state index in [1.165, 1.54) is 6.26 Å². The van der Waals surface area contributed by atoms with Crippen molar-refractivity contribution in [1.82, 2.24) is 0 Å². The van der Waals surface area contributed by atoms with Gasteiger partial charge in [-0.15, -0.1) is 0 Å². The zero-order valence-corrected chi connectivity index (χ0v) is 6.47. The highest BCUT2D eigenvalue weighted by Crippen LogP contribution is 2.06. The van der Waals surface area contributed by atoms with Crippen molar-refractivity contribution >= 4 is 12.6 Å². The molecule has 4 heteroatoms. The summed E-state index contributed by atoms with van der Waals surface area (Å²) in [4.78, 5) is 0. The zero-order chi connectivity index (χ0) is 8.97. The number of para-hydroxylation sites is 1. The van der Waals surface area contributed by atoms with Gasteiger partial charge >= 0.3 is 7.12 Å². The lowest BCUT2D eigenvalue weighted by atomic mass is 9.80. The van der Waals surface area contributed by atoms with Gasteiger partial charge in [0.15, 0.2) is 0 Å². The molecule has 0 aliphatic heterocycles. The van der Waals surface area contributed by atoms with Crippen molar-refractivity contribution in [2.45, 2.75) is 0 Å². The largest absolute Gasteiger partial charge is 0.492 e. The average molecular weight is 164 g/mol. The second kappa shape index (κ2) is 3.94. The van der Waals surface area contributed by atoms with Crippen molar-refractivity contribution in [3.63, 3.8) is 0 Å². The van der Waals surface area contributed by atoms with Crippen molar-refractivity contribution < 1.29 is 14.8 Å². The summed E-state index contributed by atoms with van der Waals surface area (Å²) in [6.45, 7) is 3.37. The summed E-state index contributed by atoms with van der Waals surface area (Å²) < 4.78 is 4.94. The fourth-order valence-corrected chi connectivity index (χ4v) is 0.891. The van der Waals surface area contributed by atoms with Gasteiger partial charge in [-0.2, -0.15) is 0 Å². The van der Waals surface area contributed by atoms with Crippen LogP contribution in [0.5, 0.6) is 5.75 Å². The Labute approximate surface area is 71.1 Å². The minimum Gasteiger partial charge on any atom is -0.466 e. The van der Waals surface area contributed by atoms with Gasteiger partial charge in [-0.1, -0.05) is 24.8 Å². The number of rotatable bonds is 3. The summed E-state index contributed by atoms with van der Waals surface area (Å²) in [5.74, 6) is 0.405. The molecule has 0 radical (unpaired) electrons. The van der Waals surface area contributed by atoms with E-state index in [1.807, 2.05) is 0 Å². The molecule has 1 rings (SSSR count). The van der Waals surface area contributed by atoms with Crippen LogP contribution in [0, 0.1) is 0 Å². The first kappa shape index (κ1) is 8.84. The third kappa shape index (κ3) is 1.87. The standard InChI is InChI=1S/C8H9BO3/c1-2-12-8-6-4-3-5-7(8)9(10)11/h2-6,10-11H,1H2. The molecule has 0 saturated carbocycles. The van der Waals surface area contributed by atoms with E-state index in [0.717, 1.165) is 0 Å². The number of hydrogen-bond donors (Lipinski definition) is 2. The summed E-state index contributed by atoms with van der Waals surface area (Å²) in [5.41, 5.74) is 0.331. The predicted octanol–water partition coefficient (Wildman–Crippen LogP) is -0.111. The monoisotopic (exact) mass is 164 g/mol. The molecule has 2 N–H and O–H groups in total. The van der Waals surface area contributed by atoms with Gasteiger partial charge < -0.3 is 14.8 Å². The Hall–Kier alpha value is -1.26. The van der Waals surface area contributed by atoms with Gasteiger partial charge in [0.1, 0.15) is 5.75 Å². The maximum Gasteiger partial charge on any atom is 0.492 e. The first-order valence-corrected chi connectivity index (χ1v) is 3.48. The van der Waals surface area contributed by atoms with Crippen LogP contribution < -0.4 is 10.2 Å². The Morgan fingerprint density at radius 2 is 2.00 bits per heavy atom. The van der Waals surface area contributed by atoms with Crippen molar-refractivity contribution in [1.29, 1.82) is 0 Å². The molecule has 0 bridgehead atoms. The van der Waals surface area contributed by atoms with E-state index in [-0.39, 0.29) is 0 Å². The molecule has 0 aliphatic carbocycles. The van der Waals surface area contributed by atoms with Crippen molar-refractivity contribution in [3.05, 3.63) is 37.1 Å². The van der Waals surface area contributed by atoms with Gasteiger partial charge in [0, 0.05) is 5.46 Å². The molecule has 0 unspecified atom stereocenters. The average Bonchev–Trinajstić information content (AvgIpc) is 2.05. The van der Waals surface area contributed by atoms with Crippen molar-refractivity contribution in [3.8, 4) is 5.75 Å². The summed E-state index contributed by atoms with van der Waals surface area (Å²) in [6, 6.07) is 6.65. The molecule has 0 atom stereocenters. The van der Waals surface area contributed by atoms with E-state index in [1.54, 1.807) is 24.3 Å². The number of ether oxygens (including phenoxy) is 1. The third-order valence-electron chi connectivity index (χ3n) is 1.41. The first-order valence-electron chi connectivity index (χ1n) is 3.48. The van der Waals surface area contributed by atoms with Gasteiger partial charge in [0.05, 0.1) is 6.26 Å². The molecule has 62 valence electrons. The van der Waals surface area contributed by atoms with E-state index >= 15 is 0 Å². The number of hydrogen-bond acceptors (Lipinski definition) is 3. The molecule has 0 aromatic heterocycles. The zero-order valence-electron chi connectivity index (χ0n) is 6.47. The molecule has 1 aromatic carbocycles. The fraction of sp³-hybridized carbons (Fsp3) is 0. The highest BCUT2D eigenvalue weighted by molar-refractivity contribution is 6.59. The van der Waals surface area contributed by atoms with Crippen molar-refractivity contribution in [2.75, 3.05) is 0 Å². The molecule has 1 aromatic rings. The van der Waals surface area contributed by atoms with Gasteiger partial charge in [-0.3, -0.25) is 0 Å². The highest BCUT2D eigenvalue weighted by atomic mass is 16.5. The Bertz CT molecular complexity index is 273.